The number of carbonyl (C=O) groups excluding carboxylic acids is 2. The summed E-state index contributed by atoms with van der Waals surface area (Å²) in [7, 11) is 3.12. The second-order valence-corrected chi connectivity index (χ2v) is 7.83. The molecule has 1 aliphatic rings. The quantitative estimate of drug-likeness (QED) is 0.347. The highest BCUT2D eigenvalue weighted by Crippen LogP contribution is 2.34. The number of benzene rings is 1. The molecule has 1 aliphatic carbocycles. The van der Waals surface area contributed by atoms with Gasteiger partial charge in [0.15, 0.2) is 5.75 Å². The predicted octanol–water partition coefficient (Wildman–Crippen LogP) is 1.97. The monoisotopic (exact) mass is 429 g/mol. The van der Waals surface area contributed by atoms with Crippen molar-refractivity contribution in [3.05, 3.63) is 44.2 Å². The second kappa shape index (κ2) is 9.20. The van der Waals surface area contributed by atoms with Crippen LogP contribution in [0.1, 0.15) is 43.0 Å². The molecule has 0 aliphatic heterocycles. The molecule has 0 spiro atoms. The van der Waals surface area contributed by atoms with Gasteiger partial charge in [-0.2, -0.15) is 0 Å². The molecule has 0 heterocycles. The number of hydrogen-bond acceptors (Lipinski definition) is 8. The molecule has 2 aromatic rings. The molecular formula is C22H27N3O6. The van der Waals surface area contributed by atoms with Gasteiger partial charge in [0.2, 0.25) is 0 Å². The van der Waals surface area contributed by atoms with Crippen molar-refractivity contribution in [2.75, 3.05) is 31.3 Å². The minimum Gasteiger partial charge on any atom is -0.505 e. The van der Waals surface area contributed by atoms with Gasteiger partial charge in [0.05, 0.1) is 23.8 Å². The van der Waals surface area contributed by atoms with Gasteiger partial charge in [0.25, 0.3) is 16.8 Å². The Labute approximate surface area is 179 Å². The second-order valence-electron chi connectivity index (χ2n) is 7.83. The van der Waals surface area contributed by atoms with Crippen LogP contribution >= 0.6 is 0 Å². The summed E-state index contributed by atoms with van der Waals surface area (Å²) >= 11 is 0. The maximum atomic E-state index is 12.3. The molecule has 1 amide bonds. The Morgan fingerprint density at radius 2 is 1.81 bits per heavy atom. The number of nitrogens with one attached hydrogen (secondary N) is 2. The number of anilines is 3. The molecule has 9 heteroatoms. The van der Waals surface area contributed by atoms with Crippen molar-refractivity contribution in [2.24, 2.45) is 5.92 Å². The molecule has 31 heavy (non-hydrogen) atoms. The maximum absolute atomic E-state index is 12.3. The number of para-hydroxylation sites is 1. The molecule has 2 aromatic carbocycles. The third-order valence-corrected chi connectivity index (χ3v) is 5.53. The van der Waals surface area contributed by atoms with E-state index in [1.165, 1.54) is 17.0 Å². The number of rotatable bonds is 7. The van der Waals surface area contributed by atoms with E-state index in [0.717, 1.165) is 12.8 Å². The van der Waals surface area contributed by atoms with E-state index in [2.05, 4.69) is 10.6 Å². The molecule has 0 unspecified atom stereocenters. The van der Waals surface area contributed by atoms with Crippen LogP contribution < -0.4 is 21.5 Å². The Balaban J connectivity index is 1.85. The van der Waals surface area contributed by atoms with Crippen molar-refractivity contribution in [1.29, 1.82) is 0 Å². The number of esters is 1. The molecule has 2 atom stereocenters. The van der Waals surface area contributed by atoms with Gasteiger partial charge in [-0.15, -0.1) is 0 Å². The Morgan fingerprint density at radius 1 is 1.13 bits per heavy atom. The first-order chi connectivity index (χ1) is 14.8. The summed E-state index contributed by atoms with van der Waals surface area (Å²) in [4.78, 5) is 50.3. The number of phenolic OH excluding ortho intramolecular Hbond substituents is 1. The average molecular weight is 429 g/mol. The number of amides is 1. The van der Waals surface area contributed by atoms with Gasteiger partial charge in [-0.1, -0.05) is 18.9 Å². The van der Waals surface area contributed by atoms with Crippen molar-refractivity contribution < 1.29 is 19.4 Å². The van der Waals surface area contributed by atoms with Gasteiger partial charge in [-0.25, -0.2) is 0 Å². The number of nitrogens with zero attached hydrogens (tertiary/aromatic N) is 1. The van der Waals surface area contributed by atoms with Crippen molar-refractivity contribution in [2.45, 2.75) is 38.6 Å². The first kappa shape index (κ1) is 22.3. The van der Waals surface area contributed by atoms with E-state index in [1.807, 2.05) is 0 Å². The van der Waals surface area contributed by atoms with E-state index in [4.69, 9.17) is 4.74 Å². The molecule has 3 rings (SSSR count). The zero-order chi connectivity index (χ0) is 22.7. The minimum absolute atomic E-state index is 0.00272. The molecule has 1 fully saturated rings. The summed E-state index contributed by atoms with van der Waals surface area (Å²) in [5.41, 5.74) is -1.13. The molecule has 0 bridgehead atoms. The van der Waals surface area contributed by atoms with Crippen molar-refractivity contribution in [1.82, 2.24) is 4.90 Å². The Morgan fingerprint density at radius 3 is 2.48 bits per heavy atom. The van der Waals surface area contributed by atoms with E-state index in [0.29, 0.717) is 12.8 Å². The highest BCUT2D eigenvalue weighted by molar-refractivity contribution is 5.99. The van der Waals surface area contributed by atoms with E-state index < -0.39 is 22.7 Å². The highest BCUT2D eigenvalue weighted by Gasteiger charge is 2.34. The predicted molar refractivity (Wildman–Crippen MR) is 117 cm³/mol. The van der Waals surface area contributed by atoms with Crippen LogP contribution in [0, 0.1) is 5.92 Å². The van der Waals surface area contributed by atoms with Crippen LogP contribution in [0.15, 0.2) is 27.8 Å². The molecule has 0 radical (unpaired) electrons. The molecule has 0 saturated heterocycles. The fourth-order valence-electron chi connectivity index (χ4n) is 3.86. The SMILES string of the molecule is CCOC(=O)[C@H]1CCCC[C@@H]1Nc1c(Nc2cccc(C(=O)N(C)C)c2O)c(=O)c1=O. The summed E-state index contributed by atoms with van der Waals surface area (Å²) in [6, 6.07) is 4.21. The zero-order valence-corrected chi connectivity index (χ0v) is 17.9. The topological polar surface area (TPSA) is 125 Å². The fraction of sp³-hybridized carbons (Fsp3) is 0.455. The number of phenols is 1. The lowest BCUT2D eigenvalue weighted by molar-refractivity contribution is -0.149. The minimum atomic E-state index is -0.727. The van der Waals surface area contributed by atoms with Crippen LogP contribution in [0.2, 0.25) is 0 Å². The van der Waals surface area contributed by atoms with Gasteiger partial charge in [-0.3, -0.25) is 19.2 Å². The largest absolute Gasteiger partial charge is 0.505 e. The Kier molecular flexibility index (Phi) is 6.62. The highest BCUT2D eigenvalue weighted by atomic mass is 16.5. The molecule has 0 aromatic heterocycles. The van der Waals surface area contributed by atoms with Gasteiger partial charge >= 0.3 is 5.97 Å². The van der Waals surface area contributed by atoms with E-state index >= 15 is 0 Å². The Hall–Kier alpha value is -3.36. The van der Waals surface area contributed by atoms with E-state index in [1.54, 1.807) is 27.1 Å². The number of aromatic hydroxyl groups is 1. The van der Waals surface area contributed by atoms with Crippen LogP contribution in [-0.2, 0) is 9.53 Å². The van der Waals surface area contributed by atoms with Crippen LogP contribution in [0.4, 0.5) is 17.1 Å². The fourth-order valence-corrected chi connectivity index (χ4v) is 3.86. The van der Waals surface area contributed by atoms with Crippen molar-refractivity contribution in [3.8, 4) is 5.75 Å². The lowest BCUT2D eigenvalue weighted by atomic mass is 9.84. The molecule has 166 valence electrons. The van der Waals surface area contributed by atoms with Gasteiger partial charge in [0.1, 0.15) is 11.4 Å². The van der Waals surface area contributed by atoms with Gasteiger partial charge in [0, 0.05) is 20.1 Å². The van der Waals surface area contributed by atoms with Crippen LogP contribution in [0.3, 0.4) is 0 Å². The van der Waals surface area contributed by atoms with Crippen molar-refractivity contribution in [3.63, 3.8) is 0 Å². The smallest absolute Gasteiger partial charge is 0.311 e. The Bertz CT molecular complexity index is 1050. The lowest BCUT2D eigenvalue weighted by Gasteiger charge is -2.32. The van der Waals surface area contributed by atoms with Crippen molar-refractivity contribution >= 4 is 28.9 Å². The van der Waals surface area contributed by atoms with Gasteiger partial charge in [-0.05, 0) is 31.9 Å². The van der Waals surface area contributed by atoms with Crippen LogP contribution in [-0.4, -0.2) is 48.6 Å². The van der Waals surface area contributed by atoms with E-state index in [-0.39, 0.29) is 47.0 Å². The summed E-state index contributed by atoms with van der Waals surface area (Å²) in [6.45, 7) is 2.01. The number of hydrogen-bond donors (Lipinski definition) is 3. The lowest BCUT2D eigenvalue weighted by Crippen LogP contribution is -2.44. The number of carbonyl (C=O) groups is 2. The zero-order valence-electron chi connectivity index (χ0n) is 17.9. The molecule has 1 saturated carbocycles. The standard InChI is InChI=1S/C22H27N3O6/c1-4-31-22(30)12-8-5-6-10-14(12)23-16-17(20(28)19(16)27)24-15-11-7-9-13(18(15)26)21(29)25(2)3/h7,9,11-12,14,23-24,26H,4-6,8,10H2,1-3H3/t12-,14-/m0/s1. The molecule has 3 N–H and O–H groups in total. The van der Waals surface area contributed by atoms with Crippen LogP contribution in [0.5, 0.6) is 5.75 Å². The number of ether oxygens (including phenoxy) is 1. The molecule has 9 nitrogen and oxygen atoms in total. The first-order valence-electron chi connectivity index (χ1n) is 10.3. The summed E-state index contributed by atoms with van der Waals surface area (Å²) in [5.74, 6) is -1.44. The summed E-state index contributed by atoms with van der Waals surface area (Å²) < 4.78 is 5.15. The average Bonchev–Trinajstić information content (AvgIpc) is 2.76. The first-order valence-corrected chi connectivity index (χ1v) is 10.3. The third-order valence-electron chi connectivity index (χ3n) is 5.53. The molecular weight excluding hydrogens is 402 g/mol. The normalized spacial score (nSPS) is 18.4. The summed E-state index contributed by atoms with van der Waals surface area (Å²) in [5, 5.41) is 16.3. The van der Waals surface area contributed by atoms with Crippen LogP contribution in [0.25, 0.3) is 0 Å². The van der Waals surface area contributed by atoms with Gasteiger partial charge < -0.3 is 25.4 Å². The third kappa shape index (κ3) is 4.40. The summed E-state index contributed by atoms with van der Waals surface area (Å²) in [6.07, 6.45) is 3.09. The van der Waals surface area contributed by atoms with E-state index in [9.17, 15) is 24.3 Å². The maximum Gasteiger partial charge on any atom is 0.311 e.